The first kappa shape index (κ1) is 14.0. The molecule has 2 heterocycles. The van der Waals surface area contributed by atoms with Gasteiger partial charge >= 0.3 is 0 Å². The molecule has 7 heteroatoms. The van der Waals surface area contributed by atoms with Gasteiger partial charge in [-0.2, -0.15) is 0 Å². The molecule has 21 heavy (non-hydrogen) atoms. The Morgan fingerprint density at radius 3 is 2.86 bits per heavy atom. The number of hydrogen-bond acceptors (Lipinski definition) is 5. The molecule has 5 nitrogen and oxygen atoms in total. The van der Waals surface area contributed by atoms with Crippen molar-refractivity contribution in [3.63, 3.8) is 0 Å². The Hall–Kier alpha value is -1.99. The molecule has 0 amide bonds. The van der Waals surface area contributed by atoms with Gasteiger partial charge in [-0.1, -0.05) is 0 Å². The van der Waals surface area contributed by atoms with Crippen LogP contribution in [0.5, 0.6) is 0 Å². The Morgan fingerprint density at radius 2 is 2.14 bits per heavy atom. The minimum atomic E-state index is -0.385. The van der Waals surface area contributed by atoms with Crippen molar-refractivity contribution in [1.29, 1.82) is 0 Å². The molecular formula is C14H10BrN3O2S. The fourth-order valence-electron chi connectivity index (χ4n) is 2.12. The van der Waals surface area contributed by atoms with Crippen molar-refractivity contribution in [2.24, 2.45) is 0 Å². The van der Waals surface area contributed by atoms with Crippen LogP contribution in [0.2, 0.25) is 0 Å². The average molecular weight is 364 g/mol. The number of nitrogens with zero attached hydrogens (tertiary/aromatic N) is 2. The van der Waals surface area contributed by atoms with Crippen LogP contribution >= 0.6 is 27.3 Å². The lowest BCUT2D eigenvalue weighted by atomic mass is 10.1. The van der Waals surface area contributed by atoms with E-state index in [0.29, 0.717) is 11.9 Å². The zero-order chi connectivity index (χ0) is 14.8. The molecule has 0 aliphatic heterocycles. The topological polar surface area (TPSA) is 68.1 Å². The molecule has 3 rings (SSSR count). The molecule has 0 unspecified atom stereocenters. The minimum absolute atomic E-state index is 0.0703. The Morgan fingerprint density at radius 1 is 1.29 bits per heavy atom. The van der Waals surface area contributed by atoms with Crippen LogP contribution < -0.4 is 5.32 Å². The van der Waals surface area contributed by atoms with Crippen LogP contribution in [0.4, 0.5) is 11.4 Å². The number of rotatable bonds is 4. The lowest BCUT2D eigenvalue weighted by Crippen LogP contribution is -2.00. The van der Waals surface area contributed by atoms with Crippen molar-refractivity contribution in [3.8, 4) is 0 Å². The van der Waals surface area contributed by atoms with Crippen molar-refractivity contribution in [3.05, 3.63) is 61.5 Å². The molecule has 0 fully saturated rings. The predicted octanol–water partition coefficient (Wildman–Crippen LogP) is 4.58. The Bertz CT molecular complexity index is 819. The van der Waals surface area contributed by atoms with Crippen molar-refractivity contribution < 1.29 is 4.92 Å². The number of nitro groups is 1. The Balaban J connectivity index is 1.98. The van der Waals surface area contributed by atoms with Gasteiger partial charge in [-0.3, -0.25) is 15.1 Å². The summed E-state index contributed by atoms with van der Waals surface area (Å²) >= 11 is 5.14. The standard InChI is InChI=1S/C14H10BrN3O2S/c15-11-4-6-21-14(11)8-17-12-1-2-13(18(19)20)10-7-16-5-3-9(10)12/h1-7,17H,8H2. The second-order valence-corrected chi connectivity index (χ2v) is 6.21. The quantitative estimate of drug-likeness (QED) is 0.544. The van der Waals surface area contributed by atoms with E-state index in [1.807, 2.05) is 11.4 Å². The molecule has 0 aliphatic carbocycles. The predicted molar refractivity (Wildman–Crippen MR) is 87.7 cm³/mol. The smallest absolute Gasteiger partial charge is 0.278 e. The maximum absolute atomic E-state index is 11.1. The molecule has 0 saturated carbocycles. The van der Waals surface area contributed by atoms with E-state index in [-0.39, 0.29) is 10.6 Å². The van der Waals surface area contributed by atoms with Crippen LogP contribution in [0.1, 0.15) is 4.88 Å². The largest absolute Gasteiger partial charge is 0.380 e. The van der Waals surface area contributed by atoms with E-state index in [0.717, 1.165) is 15.5 Å². The molecular weight excluding hydrogens is 354 g/mol. The summed E-state index contributed by atoms with van der Waals surface area (Å²) in [7, 11) is 0. The number of aromatic nitrogens is 1. The van der Waals surface area contributed by atoms with Crippen molar-refractivity contribution in [2.45, 2.75) is 6.54 Å². The summed E-state index contributed by atoms with van der Waals surface area (Å²) in [4.78, 5) is 15.8. The van der Waals surface area contributed by atoms with E-state index in [1.54, 1.807) is 29.7 Å². The fourth-order valence-corrected chi connectivity index (χ4v) is 3.55. The van der Waals surface area contributed by atoms with Gasteiger partial charge in [0.15, 0.2) is 0 Å². The van der Waals surface area contributed by atoms with E-state index in [2.05, 4.69) is 26.2 Å². The number of non-ortho nitro benzene ring substituents is 1. The molecule has 0 aliphatic rings. The number of halogens is 1. The van der Waals surface area contributed by atoms with Crippen LogP contribution in [0.15, 0.2) is 46.5 Å². The van der Waals surface area contributed by atoms with Crippen LogP contribution in [-0.4, -0.2) is 9.91 Å². The average Bonchev–Trinajstić information content (AvgIpc) is 2.89. The summed E-state index contributed by atoms with van der Waals surface area (Å²) in [6, 6.07) is 7.03. The van der Waals surface area contributed by atoms with Gasteiger partial charge in [0.1, 0.15) is 0 Å². The molecule has 106 valence electrons. The number of thiophene rings is 1. The number of hydrogen-bond donors (Lipinski definition) is 1. The number of anilines is 1. The highest BCUT2D eigenvalue weighted by molar-refractivity contribution is 9.10. The first-order chi connectivity index (χ1) is 10.2. The summed E-state index contributed by atoms with van der Waals surface area (Å²) in [5.74, 6) is 0. The van der Waals surface area contributed by atoms with Gasteiger partial charge in [0, 0.05) is 38.9 Å². The summed E-state index contributed by atoms with van der Waals surface area (Å²) < 4.78 is 1.06. The van der Waals surface area contributed by atoms with Gasteiger partial charge in [0.2, 0.25) is 0 Å². The molecule has 0 radical (unpaired) electrons. The van der Waals surface area contributed by atoms with Gasteiger partial charge in [-0.15, -0.1) is 11.3 Å². The first-order valence-electron chi connectivity index (χ1n) is 6.13. The number of fused-ring (bicyclic) bond motifs is 1. The van der Waals surface area contributed by atoms with Crippen LogP contribution in [0.3, 0.4) is 0 Å². The fraction of sp³-hybridized carbons (Fsp3) is 0.0714. The lowest BCUT2D eigenvalue weighted by Gasteiger charge is -2.09. The van der Waals surface area contributed by atoms with Gasteiger partial charge in [0.25, 0.3) is 5.69 Å². The number of nitro benzene ring substituents is 1. The zero-order valence-corrected chi connectivity index (χ0v) is 13.1. The van der Waals surface area contributed by atoms with Crippen LogP contribution in [-0.2, 0) is 6.54 Å². The van der Waals surface area contributed by atoms with Crippen LogP contribution in [0, 0.1) is 10.1 Å². The van der Waals surface area contributed by atoms with Crippen molar-refractivity contribution >= 4 is 49.4 Å². The Labute approximate surface area is 132 Å². The minimum Gasteiger partial charge on any atom is -0.380 e. The van der Waals surface area contributed by atoms with Crippen molar-refractivity contribution in [2.75, 3.05) is 5.32 Å². The van der Waals surface area contributed by atoms with Gasteiger partial charge < -0.3 is 5.32 Å². The second-order valence-electron chi connectivity index (χ2n) is 4.36. The highest BCUT2D eigenvalue weighted by Gasteiger charge is 2.14. The monoisotopic (exact) mass is 363 g/mol. The maximum atomic E-state index is 11.1. The number of nitrogens with one attached hydrogen (secondary N) is 1. The highest BCUT2D eigenvalue weighted by Crippen LogP contribution is 2.31. The maximum Gasteiger partial charge on any atom is 0.278 e. The molecule has 0 spiro atoms. The second kappa shape index (κ2) is 5.79. The Kier molecular flexibility index (Phi) is 3.85. The molecule has 0 bridgehead atoms. The third kappa shape index (κ3) is 2.74. The summed E-state index contributed by atoms with van der Waals surface area (Å²) in [6.07, 6.45) is 3.16. The van der Waals surface area contributed by atoms with E-state index in [1.165, 1.54) is 17.1 Å². The van der Waals surface area contributed by atoms with Gasteiger partial charge in [-0.05, 0) is 39.5 Å². The van der Waals surface area contributed by atoms with E-state index in [9.17, 15) is 10.1 Å². The summed E-state index contributed by atoms with van der Waals surface area (Å²) in [5.41, 5.74) is 0.930. The van der Waals surface area contributed by atoms with Crippen molar-refractivity contribution in [1.82, 2.24) is 4.98 Å². The third-order valence-electron chi connectivity index (χ3n) is 3.12. The molecule has 3 aromatic rings. The summed E-state index contributed by atoms with van der Waals surface area (Å²) in [5, 5.41) is 17.7. The molecule has 1 N–H and O–H groups in total. The number of benzene rings is 1. The van der Waals surface area contributed by atoms with Crippen LogP contribution in [0.25, 0.3) is 10.8 Å². The number of pyridine rings is 1. The van der Waals surface area contributed by atoms with E-state index >= 15 is 0 Å². The SMILES string of the molecule is O=[N+]([O-])c1ccc(NCc2sccc2Br)c2ccncc12. The molecule has 2 aromatic heterocycles. The summed E-state index contributed by atoms with van der Waals surface area (Å²) in [6.45, 7) is 0.660. The normalized spacial score (nSPS) is 10.7. The molecule has 0 saturated heterocycles. The lowest BCUT2D eigenvalue weighted by molar-refractivity contribution is -0.383. The first-order valence-corrected chi connectivity index (χ1v) is 7.81. The van der Waals surface area contributed by atoms with Gasteiger partial charge in [0.05, 0.1) is 16.9 Å². The van der Waals surface area contributed by atoms with Gasteiger partial charge in [-0.25, -0.2) is 0 Å². The molecule has 1 aromatic carbocycles. The zero-order valence-electron chi connectivity index (χ0n) is 10.7. The molecule has 0 atom stereocenters. The van der Waals surface area contributed by atoms with E-state index in [4.69, 9.17) is 0 Å². The third-order valence-corrected chi connectivity index (χ3v) is 5.05. The van der Waals surface area contributed by atoms with E-state index < -0.39 is 0 Å². The highest BCUT2D eigenvalue weighted by atomic mass is 79.9.